The molecule has 0 aliphatic carbocycles. The van der Waals surface area contributed by atoms with Crippen molar-refractivity contribution in [1.82, 2.24) is 4.98 Å². The van der Waals surface area contributed by atoms with Crippen LogP contribution in [-0.2, 0) is 40.5 Å². The minimum Gasteiger partial charge on any atom is -0.505 e. The third kappa shape index (κ3) is 8.59. The number of aromatic hydroxyl groups is 1. The number of aromatic nitrogens is 1. The number of hydrogen-bond donors (Lipinski definition) is 6. The van der Waals surface area contributed by atoms with E-state index in [1.54, 1.807) is 6.07 Å². The van der Waals surface area contributed by atoms with Gasteiger partial charge in [-0.3, -0.25) is 23.2 Å². The van der Waals surface area contributed by atoms with Crippen LogP contribution in [0.4, 0.5) is 39.8 Å². The predicted molar refractivity (Wildman–Crippen MR) is 231 cm³/mol. The summed E-state index contributed by atoms with van der Waals surface area (Å²) in [5.74, 6) is -0.946. The summed E-state index contributed by atoms with van der Waals surface area (Å²) in [4.78, 5) is 1.41. The molecule has 0 unspecified atom stereocenters. The maximum Gasteiger partial charge on any atom is 0.296 e. The summed E-state index contributed by atoms with van der Waals surface area (Å²) >= 11 is 0. The average molecular weight is 943 g/mol. The van der Waals surface area contributed by atoms with Gasteiger partial charge in [0.2, 0.25) is 0 Å². The highest BCUT2D eigenvalue weighted by Crippen LogP contribution is 2.45. The fourth-order valence-electron chi connectivity index (χ4n) is 6.61. The number of nitrogens with zero attached hydrogens (tertiary/aromatic N) is 7. The maximum absolute atomic E-state index is 12.5. The van der Waals surface area contributed by atoms with Crippen molar-refractivity contribution in [3.63, 3.8) is 0 Å². The standard InChI is InChI=1S/C39H26N8O13S4/c40-30-18-27-21(14-36(30)63(55,56)57)15-37(64(58,59)60)38(39(27)48)47-46-35-12-10-33(26-8-6-24(17-29(26)35)62(52,53)54)44-45-34-11-9-32(25-7-5-23(16-28(25)34)61(49,50)51)43-42-22-13-20-3-1-2-4-31(20)41-19-22/h1-19,48H,40H2,(H,49,50,51)(H,52,53,54)(H,55,56,57)(H,58,59,60). The number of nitrogen functional groups attached to an aromatic ring is 1. The molecule has 0 atom stereocenters. The predicted octanol–water partition coefficient (Wildman–Crippen LogP) is 9.22. The Morgan fingerprint density at radius 1 is 0.453 bits per heavy atom. The molecule has 7 N–H and O–H groups in total. The zero-order valence-electron chi connectivity index (χ0n) is 31.8. The molecular weight excluding hydrogens is 917 g/mol. The Morgan fingerprint density at radius 2 is 0.938 bits per heavy atom. The van der Waals surface area contributed by atoms with E-state index in [9.17, 15) is 57.0 Å². The number of nitrogens with two attached hydrogens (primary N) is 1. The van der Waals surface area contributed by atoms with Crippen molar-refractivity contribution in [3.8, 4) is 5.75 Å². The summed E-state index contributed by atoms with van der Waals surface area (Å²) in [7, 11) is -19.7. The average Bonchev–Trinajstić information content (AvgIpc) is 3.23. The summed E-state index contributed by atoms with van der Waals surface area (Å²) < 4.78 is 137. The molecule has 64 heavy (non-hydrogen) atoms. The van der Waals surface area contributed by atoms with E-state index in [0.29, 0.717) is 11.1 Å². The van der Waals surface area contributed by atoms with Crippen LogP contribution >= 0.6 is 0 Å². The van der Waals surface area contributed by atoms with Gasteiger partial charge in [0.15, 0.2) is 5.75 Å². The lowest BCUT2D eigenvalue weighted by Gasteiger charge is -2.11. The number of hydrogen-bond acceptors (Lipinski definition) is 17. The molecule has 8 aromatic rings. The van der Waals surface area contributed by atoms with E-state index in [2.05, 4.69) is 35.7 Å². The van der Waals surface area contributed by atoms with Gasteiger partial charge in [0.25, 0.3) is 40.5 Å². The van der Waals surface area contributed by atoms with Crippen molar-refractivity contribution in [1.29, 1.82) is 0 Å². The van der Waals surface area contributed by atoms with Crippen molar-refractivity contribution >= 4 is 124 Å². The summed E-state index contributed by atoms with van der Waals surface area (Å²) in [5, 5.41) is 37.1. The van der Waals surface area contributed by atoms with E-state index in [-0.39, 0.29) is 49.7 Å². The molecular formula is C39H26N8O13S4. The minimum atomic E-state index is -5.23. The van der Waals surface area contributed by atoms with Crippen molar-refractivity contribution in [2.24, 2.45) is 30.7 Å². The number of pyridine rings is 1. The van der Waals surface area contributed by atoms with Gasteiger partial charge < -0.3 is 10.8 Å². The first kappa shape index (κ1) is 43.4. The van der Waals surface area contributed by atoms with Crippen molar-refractivity contribution in [2.75, 3.05) is 5.73 Å². The molecule has 0 saturated carbocycles. The molecule has 7 aromatic carbocycles. The molecule has 0 aliphatic heterocycles. The molecule has 8 rings (SSSR count). The van der Waals surface area contributed by atoms with Gasteiger partial charge in [-0.2, -0.15) is 33.7 Å². The first-order valence-electron chi connectivity index (χ1n) is 17.8. The number of azo groups is 3. The van der Waals surface area contributed by atoms with Crippen LogP contribution in [0.3, 0.4) is 0 Å². The van der Waals surface area contributed by atoms with Crippen LogP contribution in [-0.4, -0.2) is 62.0 Å². The molecule has 0 spiro atoms. The highest BCUT2D eigenvalue weighted by atomic mass is 32.2. The number of benzene rings is 7. The van der Waals surface area contributed by atoms with Crippen LogP contribution in [0.15, 0.2) is 166 Å². The van der Waals surface area contributed by atoms with E-state index in [1.165, 1.54) is 42.6 Å². The second kappa shape index (κ2) is 15.8. The van der Waals surface area contributed by atoms with E-state index < -0.39 is 77.2 Å². The van der Waals surface area contributed by atoms with Gasteiger partial charge >= 0.3 is 0 Å². The zero-order valence-corrected chi connectivity index (χ0v) is 35.1. The fourth-order valence-corrected chi connectivity index (χ4v) is 8.91. The number of phenolic OH excluding ortho intramolecular Hbond substituents is 1. The number of fused-ring (bicyclic) bond motifs is 4. The fraction of sp³-hybridized carbons (Fsp3) is 0. The van der Waals surface area contributed by atoms with Gasteiger partial charge in [0, 0.05) is 32.3 Å². The van der Waals surface area contributed by atoms with Crippen LogP contribution in [0.1, 0.15) is 0 Å². The van der Waals surface area contributed by atoms with Gasteiger partial charge in [-0.05, 0) is 84.2 Å². The lowest BCUT2D eigenvalue weighted by atomic mass is 10.1. The van der Waals surface area contributed by atoms with E-state index in [4.69, 9.17) is 5.73 Å². The second-order valence-electron chi connectivity index (χ2n) is 13.7. The molecule has 1 heterocycles. The second-order valence-corrected chi connectivity index (χ2v) is 19.3. The quantitative estimate of drug-likeness (QED) is 0.0422. The van der Waals surface area contributed by atoms with Gasteiger partial charge in [0.05, 0.1) is 49.9 Å². The third-order valence-electron chi connectivity index (χ3n) is 9.59. The van der Waals surface area contributed by atoms with Crippen LogP contribution in [0.25, 0.3) is 43.2 Å². The Hall–Kier alpha value is -7.23. The molecule has 0 aliphatic rings. The smallest absolute Gasteiger partial charge is 0.296 e. The van der Waals surface area contributed by atoms with Crippen LogP contribution < -0.4 is 5.73 Å². The normalized spacial score (nSPS) is 13.1. The first-order valence-corrected chi connectivity index (χ1v) is 23.5. The van der Waals surface area contributed by atoms with Crippen molar-refractivity contribution in [2.45, 2.75) is 19.6 Å². The number of phenols is 1. The molecule has 324 valence electrons. The van der Waals surface area contributed by atoms with Gasteiger partial charge in [0.1, 0.15) is 21.2 Å². The summed E-state index contributed by atoms with van der Waals surface area (Å²) in [5.41, 5.74) is 5.73. The zero-order chi connectivity index (χ0) is 45.9. The molecule has 0 bridgehead atoms. The van der Waals surface area contributed by atoms with Crippen molar-refractivity contribution < 1.29 is 57.0 Å². The van der Waals surface area contributed by atoms with Crippen LogP contribution in [0, 0.1) is 0 Å². The van der Waals surface area contributed by atoms with E-state index in [0.717, 1.165) is 53.4 Å². The Morgan fingerprint density at radius 3 is 1.47 bits per heavy atom. The minimum absolute atomic E-state index is 0.0415. The lowest BCUT2D eigenvalue weighted by molar-refractivity contribution is 0.472. The third-order valence-corrected chi connectivity index (χ3v) is 13.1. The highest BCUT2D eigenvalue weighted by molar-refractivity contribution is 7.86. The number of para-hydroxylation sites is 1. The Balaban J connectivity index is 1.24. The summed E-state index contributed by atoms with van der Waals surface area (Å²) in [6.07, 6.45) is 1.52. The highest BCUT2D eigenvalue weighted by Gasteiger charge is 2.25. The molecule has 25 heteroatoms. The maximum atomic E-state index is 12.5. The van der Waals surface area contributed by atoms with E-state index >= 15 is 0 Å². The largest absolute Gasteiger partial charge is 0.505 e. The molecule has 1 aromatic heterocycles. The van der Waals surface area contributed by atoms with Crippen molar-refractivity contribution in [3.05, 3.63) is 115 Å². The molecule has 0 saturated heterocycles. The Bertz CT molecular complexity index is 3890. The number of anilines is 1. The van der Waals surface area contributed by atoms with Gasteiger partial charge in [-0.1, -0.05) is 30.3 Å². The van der Waals surface area contributed by atoms with Crippen LogP contribution in [0.5, 0.6) is 5.75 Å². The first-order chi connectivity index (χ1) is 30.1. The van der Waals surface area contributed by atoms with Crippen LogP contribution in [0.2, 0.25) is 0 Å². The SMILES string of the molecule is Nc1cc2c(O)c(N=Nc3ccc(N=Nc4ccc(N=Nc5cnc6ccccc6c5)c5ccc(S(=O)(=O)O)cc45)c4ccc(S(=O)(=O)O)cc34)c(S(=O)(=O)O)cc2cc1S(=O)(=O)O. The Kier molecular flexibility index (Phi) is 10.7. The summed E-state index contributed by atoms with van der Waals surface area (Å²) in [6.45, 7) is 0. The molecule has 0 fully saturated rings. The monoisotopic (exact) mass is 942 g/mol. The van der Waals surface area contributed by atoms with E-state index in [1.807, 2.05) is 24.3 Å². The van der Waals surface area contributed by atoms with Gasteiger partial charge in [-0.15, -0.1) is 30.7 Å². The molecule has 0 amide bonds. The lowest BCUT2D eigenvalue weighted by Crippen LogP contribution is -2.04. The molecule has 21 nitrogen and oxygen atoms in total. The molecule has 0 radical (unpaired) electrons. The van der Waals surface area contributed by atoms with Gasteiger partial charge in [-0.25, -0.2) is 0 Å². The Labute approximate surface area is 361 Å². The number of rotatable bonds is 10. The topological polar surface area (TPSA) is 351 Å². The summed E-state index contributed by atoms with van der Waals surface area (Å²) in [6, 6.07) is 24.1.